The minimum Gasteiger partial charge on any atom is -0.744 e. The summed E-state index contributed by atoms with van der Waals surface area (Å²) >= 11 is 0. The van der Waals surface area contributed by atoms with Crippen molar-refractivity contribution in [2.45, 2.75) is 11.8 Å². The first kappa shape index (κ1) is 20.4. The van der Waals surface area contributed by atoms with E-state index in [1.54, 1.807) is 24.3 Å². The number of hydrogen-bond donors (Lipinski definition) is 1. The average molecular weight is 383 g/mol. The zero-order valence-corrected chi connectivity index (χ0v) is 15.9. The van der Waals surface area contributed by atoms with E-state index in [0.29, 0.717) is 5.75 Å². The number of rotatable bonds is 3. The summed E-state index contributed by atoms with van der Waals surface area (Å²) in [4.78, 5) is -0.178. The van der Waals surface area contributed by atoms with Crippen LogP contribution in [-0.2, 0) is 17.2 Å². The fourth-order valence-electron chi connectivity index (χ4n) is 2.18. The van der Waals surface area contributed by atoms with Crippen LogP contribution in [0.1, 0.15) is 16.8 Å². The second kappa shape index (κ2) is 9.12. The summed E-state index contributed by atoms with van der Waals surface area (Å²) in [6.07, 6.45) is 6.08. The van der Waals surface area contributed by atoms with Gasteiger partial charge in [-0.3, -0.25) is 0 Å². The van der Waals surface area contributed by atoms with E-state index < -0.39 is 10.1 Å². The zero-order chi connectivity index (χ0) is 19.9. The molecule has 0 amide bonds. The molecule has 1 N–H and O–H groups in total. The molecule has 1 aromatic heterocycles. The lowest BCUT2D eigenvalue weighted by molar-refractivity contribution is -0.673. The Hall–Kier alpha value is -2.96. The highest BCUT2D eigenvalue weighted by Crippen LogP contribution is 2.11. The minimum atomic E-state index is -4.27. The topological polar surface area (TPSA) is 81.3 Å². The summed E-state index contributed by atoms with van der Waals surface area (Å²) in [6, 6.07) is 19.0. The van der Waals surface area contributed by atoms with Crippen molar-refractivity contribution in [2.24, 2.45) is 7.05 Å². The molecule has 0 saturated heterocycles. The quantitative estimate of drug-likeness (QED) is 0.556. The molecule has 0 radical (unpaired) electrons. The number of nitrogens with zero attached hydrogens (tertiary/aromatic N) is 1. The first-order chi connectivity index (χ1) is 12.8. The molecule has 140 valence electrons. The Labute approximate surface area is 159 Å². The second-order valence-electron chi connectivity index (χ2n) is 5.93. The summed E-state index contributed by atoms with van der Waals surface area (Å²) < 4.78 is 33.2. The molecule has 1 heterocycles. The summed E-state index contributed by atoms with van der Waals surface area (Å²) in [5.74, 6) is 0.294. The fourth-order valence-corrected chi connectivity index (χ4v) is 2.65. The minimum absolute atomic E-state index is 0.178. The monoisotopic (exact) mass is 383 g/mol. The molecule has 0 bridgehead atoms. The Morgan fingerprint density at radius 1 is 0.926 bits per heavy atom. The third-order valence-electron chi connectivity index (χ3n) is 3.74. The number of aromatic nitrogens is 1. The van der Waals surface area contributed by atoms with Crippen molar-refractivity contribution in [1.82, 2.24) is 0 Å². The summed E-state index contributed by atoms with van der Waals surface area (Å²) in [7, 11) is -2.26. The maximum Gasteiger partial charge on any atom is 0.204 e. The number of aryl methyl sites for hydroxylation is 2. The van der Waals surface area contributed by atoms with E-state index in [4.69, 9.17) is 5.11 Å². The van der Waals surface area contributed by atoms with Crippen LogP contribution in [0.5, 0.6) is 5.75 Å². The molecule has 0 aliphatic rings. The summed E-state index contributed by atoms with van der Waals surface area (Å²) in [6.45, 7) is 1.82. The van der Waals surface area contributed by atoms with E-state index in [-0.39, 0.29) is 4.90 Å². The van der Waals surface area contributed by atoms with Gasteiger partial charge in [0, 0.05) is 18.2 Å². The molecule has 6 heteroatoms. The number of hydrogen-bond acceptors (Lipinski definition) is 4. The molecule has 0 spiro atoms. The van der Waals surface area contributed by atoms with E-state index in [0.717, 1.165) is 16.8 Å². The number of benzene rings is 2. The van der Waals surface area contributed by atoms with Crippen LogP contribution in [0.25, 0.3) is 12.2 Å². The van der Waals surface area contributed by atoms with Crippen LogP contribution in [0, 0.1) is 6.92 Å². The Balaban J connectivity index is 0.000000208. The largest absolute Gasteiger partial charge is 0.744 e. The molecule has 3 aromatic rings. The highest BCUT2D eigenvalue weighted by atomic mass is 32.2. The van der Waals surface area contributed by atoms with Crippen molar-refractivity contribution in [3.05, 3.63) is 89.7 Å². The molecule has 0 fully saturated rings. The number of phenols is 1. The standard InChI is InChI=1S/C14H13NO.C7H8O3S/c1-15-11-3-2-4-13(15)8-5-12-6-9-14(16)10-7-12;1-6-2-4-7(5-3-6)11(8,9)10/h2-11H,1H3;2-5H,1H3,(H,8,9,10). The van der Waals surface area contributed by atoms with Crippen molar-refractivity contribution in [1.29, 1.82) is 0 Å². The van der Waals surface area contributed by atoms with Crippen LogP contribution >= 0.6 is 0 Å². The number of pyridine rings is 1. The van der Waals surface area contributed by atoms with E-state index >= 15 is 0 Å². The van der Waals surface area contributed by atoms with Gasteiger partial charge in [-0.15, -0.1) is 0 Å². The lowest BCUT2D eigenvalue weighted by Gasteiger charge is -2.05. The Morgan fingerprint density at radius 2 is 1.56 bits per heavy atom. The maximum absolute atomic E-state index is 10.4. The molecule has 0 atom stereocenters. The normalized spacial score (nSPS) is 11.1. The number of aromatic hydroxyl groups is 1. The predicted molar refractivity (Wildman–Crippen MR) is 104 cm³/mol. The molecule has 0 unspecified atom stereocenters. The SMILES string of the molecule is C[n+]1ccccc1/C=C/c1ccc(O)cc1.Cc1ccc(S(=O)(=O)[O-])cc1. The smallest absolute Gasteiger partial charge is 0.204 e. The van der Waals surface area contributed by atoms with Gasteiger partial charge in [-0.1, -0.05) is 29.8 Å². The average Bonchev–Trinajstić information content (AvgIpc) is 2.63. The molecule has 5 nitrogen and oxygen atoms in total. The van der Waals surface area contributed by atoms with Gasteiger partial charge in [0.2, 0.25) is 5.69 Å². The summed E-state index contributed by atoms with van der Waals surface area (Å²) in [5, 5.41) is 9.16. The van der Waals surface area contributed by atoms with Gasteiger partial charge in [0.15, 0.2) is 6.20 Å². The number of phenolic OH excluding ortho intramolecular Hbond substituents is 1. The van der Waals surface area contributed by atoms with Gasteiger partial charge in [0.05, 0.1) is 4.90 Å². The fraction of sp³-hybridized carbons (Fsp3) is 0.0952. The van der Waals surface area contributed by atoms with Crippen molar-refractivity contribution in [3.8, 4) is 5.75 Å². The Morgan fingerprint density at radius 3 is 2.11 bits per heavy atom. The van der Waals surface area contributed by atoms with Gasteiger partial charge in [0.25, 0.3) is 0 Å². The van der Waals surface area contributed by atoms with Crippen molar-refractivity contribution in [2.75, 3.05) is 0 Å². The van der Waals surface area contributed by atoms with Crippen molar-refractivity contribution < 1.29 is 22.6 Å². The van der Waals surface area contributed by atoms with E-state index in [1.165, 1.54) is 12.1 Å². The van der Waals surface area contributed by atoms with Gasteiger partial charge < -0.3 is 9.66 Å². The van der Waals surface area contributed by atoms with Gasteiger partial charge in [-0.2, -0.15) is 0 Å². The van der Waals surface area contributed by atoms with Gasteiger partial charge in [-0.25, -0.2) is 13.0 Å². The van der Waals surface area contributed by atoms with Gasteiger partial charge >= 0.3 is 0 Å². The molecular weight excluding hydrogens is 362 g/mol. The molecule has 27 heavy (non-hydrogen) atoms. The van der Waals surface area contributed by atoms with Crippen LogP contribution in [-0.4, -0.2) is 18.1 Å². The Bertz CT molecular complexity index is 1010. The maximum atomic E-state index is 10.4. The van der Waals surface area contributed by atoms with Gasteiger partial charge in [0.1, 0.15) is 22.9 Å². The van der Waals surface area contributed by atoms with Crippen LogP contribution in [0.2, 0.25) is 0 Å². The van der Waals surface area contributed by atoms with E-state index in [2.05, 4.69) is 10.6 Å². The molecule has 0 saturated carbocycles. The Kier molecular flexibility index (Phi) is 6.87. The molecule has 0 aliphatic heterocycles. The highest BCUT2D eigenvalue weighted by Gasteiger charge is 1.99. The van der Waals surface area contributed by atoms with E-state index in [9.17, 15) is 13.0 Å². The third-order valence-corrected chi connectivity index (χ3v) is 4.59. The first-order valence-corrected chi connectivity index (χ1v) is 9.61. The third kappa shape index (κ3) is 6.69. The van der Waals surface area contributed by atoms with E-state index in [1.807, 2.05) is 56.6 Å². The second-order valence-corrected chi connectivity index (χ2v) is 7.31. The predicted octanol–water partition coefficient (Wildman–Crippen LogP) is 3.29. The van der Waals surface area contributed by atoms with Crippen molar-refractivity contribution in [3.63, 3.8) is 0 Å². The lowest BCUT2D eigenvalue weighted by atomic mass is 10.2. The van der Waals surface area contributed by atoms with Crippen LogP contribution in [0.3, 0.4) is 0 Å². The molecule has 3 rings (SSSR count). The first-order valence-electron chi connectivity index (χ1n) is 8.20. The van der Waals surface area contributed by atoms with Crippen molar-refractivity contribution >= 4 is 22.3 Å². The van der Waals surface area contributed by atoms with Crippen LogP contribution < -0.4 is 4.57 Å². The van der Waals surface area contributed by atoms with Gasteiger partial charge in [-0.05, 0) is 48.9 Å². The molecule has 0 aliphatic carbocycles. The molecule has 2 aromatic carbocycles. The summed E-state index contributed by atoms with van der Waals surface area (Å²) in [5.41, 5.74) is 3.13. The van der Waals surface area contributed by atoms with Crippen LogP contribution in [0.15, 0.2) is 77.8 Å². The highest BCUT2D eigenvalue weighted by molar-refractivity contribution is 7.85. The van der Waals surface area contributed by atoms with Crippen LogP contribution in [0.4, 0.5) is 0 Å². The lowest BCUT2D eigenvalue weighted by Crippen LogP contribution is -2.30. The molecular formula is C21H21NO4S. The zero-order valence-electron chi connectivity index (χ0n) is 15.1.